The summed E-state index contributed by atoms with van der Waals surface area (Å²) >= 11 is 6.02. The van der Waals surface area contributed by atoms with Gasteiger partial charge < -0.3 is 18.8 Å². The SMILES string of the molecule is O=C(OC[C@H]1CO[C@](Cn2ccnc2)(c2ccc(Cl)cc2)O1)c1ccccc1. The molecule has 2 heterocycles. The highest BCUT2D eigenvalue weighted by Crippen LogP contribution is 2.36. The van der Waals surface area contributed by atoms with Crippen LogP contribution in [-0.4, -0.2) is 34.8 Å². The maximum absolute atomic E-state index is 12.2. The van der Waals surface area contributed by atoms with Crippen LogP contribution in [0, 0.1) is 0 Å². The minimum Gasteiger partial charge on any atom is -0.459 e. The van der Waals surface area contributed by atoms with Crippen molar-refractivity contribution in [3.63, 3.8) is 0 Å². The summed E-state index contributed by atoms with van der Waals surface area (Å²) in [4.78, 5) is 16.3. The molecule has 144 valence electrons. The molecule has 3 aromatic rings. The minimum absolute atomic E-state index is 0.104. The summed E-state index contributed by atoms with van der Waals surface area (Å²) in [6.45, 7) is 0.824. The summed E-state index contributed by atoms with van der Waals surface area (Å²) in [5.41, 5.74) is 1.34. The summed E-state index contributed by atoms with van der Waals surface area (Å²) < 4.78 is 19.6. The van der Waals surface area contributed by atoms with Crippen molar-refractivity contribution in [3.05, 3.63) is 89.5 Å². The van der Waals surface area contributed by atoms with Gasteiger partial charge in [-0.15, -0.1) is 0 Å². The zero-order chi connectivity index (χ0) is 19.4. The minimum atomic E-state index is -1.00. The van der Waals surface area contributed by atoms with Crippen LogP contribution in [0.25, 0.3) is 0 Å². The number of aromatic nitrogens is 2. The average Bonchev–Trinajstić information content (AvgIpc) is 3.38. The number of esters is 1. The molecule has 7 heteroatoms. The summed E-state index contributed by atoms with van der Waals surface area (Å²) in [6.07, 6.45) is 4.86. The third kappa shape index (κ3) is 4.09. The first-order valence-corrected chi connectivity index (χ1v) is 9.28. The molecule has 0 bridgehead atoms. The molecular weight excluding hydrogens is 380 g/mol. The van der Waals surface area contributed by atoms with Gasteiger partial charge in [-0.05, 0) is 24.3 Å². The Bertz CT molecular complexity index is 915. The molecule has 6 nitrogen and oxygen atoms in total. The normalized spacial score (nSPS) is 21.5. The van der Waals surface area contributed by atoms with Crippen LogP contribution in [0.15, 0.2) is 73.3 Å². The first-order valence-electron chi connectivity index (χ1n) is 8.90. The number of nitrogens with zero attached hydrogens (tertiary/aromatic N) is 2. The van der Waals surface area contributed by atoms with E-state index in [1.807, 2.05) is 29.0 Å². The third-order valence-electron chi connectivity index (χ3n) is 4.50. The molecule has 28 heavy (non-hydrogen) atoms. The molecule has 0 N–H and O–H groups in total. The van der Waals surface area contributed by atoms with Gasteiger partial charge in [0.05, 0.1) is 25.0 Å². The van der Waals surface area contributed by atoms with Gasteiger partial charge in [0.25, 0.3) is 0 Å². The van der Waals surface area contributed by atoms with Crippen molar-refractivity contribution in [2.45, 2.75) is 18.4 Å². The Morgan fingerprint density at radius 1 is 1.21 bits per heavy atom. The molecule has 1 saturated heterocycles. The van der Waals surface area contributed by atoms with Gasteiger partial charge in [-0.1, -0.05) is 41.9 Å². The number of hydrogen-bond donors (Lipinski definition) is 0. The molecule has 0 saturated carbocycles. The van der Waals surface area contributed by atoms with Crippen LogP contribution >= 0.6 is 11.6 Å². The summed E-state index contributed by atoms with van der Waals surface area (Å²) in [5, 5.41) is 0.632. The maximum atomic E-state index is 12.2. The average molecular weight is 399 g/mol. The Labute approximate surface area is 167 Å². The molecule has 1 aliphatic rings. The van der Waals surface area contributed by atoms with Crippen molar-refractivity contribution in [3.8, 4) is 0 Å². The number of carbonyl (C=O) groups excluding carboxylic acids is 1. The zero-order valence-corrected chi connectivity index (χ0v) is 15.8. The Kier molecular flexibility index (Phi) is 5.43. The first-order chi connectivity index (χ1) is 13.6. The maximum Gasteiger partial charge on any atom is 0.338 e. The standard InChI is InChI=1S/C21H19ClN2O4/c22-18-8-6-17(7-9-18)21(14-24-11-10-23-15-24)27-13-19(28-21)12-26-20(25)16-4-2-1-3-5-16/h1-11,15,19H,12-14H2/t19-,21-/m0/s1. The largest absolute Gasteiger partial charge is 0.459 e. The molecule has 4 rings (SSSR count). The first kappa shape index (κ1) is 18.7. The second kappa shape index (κ2) is 8.14. The second-order valence-electron chi connectivity index (χ2n) is 6.51. The van der Waals surface area contributed by atoms with Crippen LogP contribution < -0.4 is 0 Å². The number of ether oxygens (including phenoxy) is 3. The molecule has 0 unspecified atom stereocenters. The molecule has 0 radical (unpaired) electrons. The fraction of sp³-hybridized carbons (Fsp3) is 0.238. The lowest BCUT2D eigenvalue weighted by Crippen LogP contribution is -2.34. The van der Waals surface area contributed by atoms with Crippen molar-refractivity contribution in [1.82, 2.24) is 9.55 Å². The number of hydrogen-bond acceptors (Lipinski definition) is 5. The second-order valence-corrected chi connectivity index (χ2v) is 6.95. The highest BCUT2D eigenvalue weighted by molar-refractivity contribution is 6.30. The van der Waals surface area contributed by atoms with Crippen molar-refractivity contribution in [1.29, 1.82) is 0 Å². The lowest BCUT2D eigenvalue weighted by molar-refractivity contribution is -0.190. The van der Waals surface area contributed by atoms with Crippen LogP contribution in [0.5, 0.6) is 0 Å². The molecule has 0 spiro atoms. The predicted molar refractivity (Wildman–Crippen MR) is 103 cm³/mol. The van der Waals surface area contributed by atoms with Gasteiger partial charge in [-0.25, -0.2) is 9.78 Å². The van der Waals surface area contributed by atoms with Crippen LogP contribution in [0.2, 0.25) is 5.02 Å². The molecular formula is C21H19ClN2O4. The van der Waals surface area contributed by atoms with E-state index in [1.165, 1.54) is 0 Å². The number of halogens is 1. The van der Waals surface area contributed by atoms with Crippen LogP contribution in [-0.2, 0) is 26.5 Å². The van der Waals surface area contributed by atoms with E-state index in [1.54, 1.807) is 48.9 Å². The van der Waals surface area contributed by atoms with Gasteiger partial charge in [0.1, 0.15) is 12.7 Å². The van der Waals surface area contributed by atoms with Gasteiger partial charge in [0.2, 0.25) is 5.79 Å². The topological polar surface area (TPSA) is 62.6 Å². The number of imidazole rings is 1. The quantitative estimate of drug-likeness (QED) is 0.593. The van der Waals surface area contributed by atoms with Crippen molar-refractivity contribution in [2.75, 3.05) is 13.2 Å². The number of benzene rings is 2. The van der Waals surface area contributed by atoms with E-state index < -0.39 is 5.79 Å². The Morgan fingerprint density at radius 2 is 2.00 bits per heavy atom. The van der Waals surface area contributed by atoms with E-state index in [0.717, 1.165) is 5.56 Å². The van der Waals surface area contributed by atoms with Gasteiger partial charge >= 0.3 is 5.97 Å². The summed E-state index contributed by atoms with van der Waals surface area (Å²) in [5.74, 6) is -1.39. The molecule has 2 atom stereocenters. The highest BCUT2D eigenvalue weighted by Gasteiger charge is 2.44. The summed E-state index contributed by atoms with van der Waals surface area (Å²) in [7, 11) is 0. The van der Waals surface area contributed by atoms with E-state index in [0.29, 0.717) is 23.7 Å². The van der Waals surface area contributed by atoms with Crippen molar-refractivity contribution < 1.29 is 19.0 Å². The Morgan fingerprint density at radius 3 is 2.71 bits per heavy atom. The van der Waals surface area contributed by atoms with Crippen molar-refractivity contribution in [2.24, 2.45) is 0 Å². The number of carbonyl (C=O) groups is 1. The highest BCUT2D eigenvalue weighted by atomic mass is 35.5. The lowest BCUT2D eigenvalue weighted by Gasteiger charge is -2.29. The number of rotatable bonds is 6. The molecule has 1 fully saturated rings. The Hall–Kier alpha value is -2.67. The fourth-order valence-electron chi connectivity index (χ4n) is 3.12. The van der Waals surface area contributed by atoms with E-state index in [2.05, 4.69) is 4.98 Å². The van der Waals surface area contributed by atoms with E-state index >= 15 is 0 Å². The van der Waals surface area contributed by atoms with Crippen LogP contribution in [0.1, 0.15) is 15.9 Å². The van der Waals surface area contributed by atoms with Gasteiger partial charge in [-0.3, -0.25) is 0 Å². The summed E-state index contributed by atoms with van der Waals surface area (Å²) in [6, 6.07) is 16.2. The molecule has 0 aliphatic carbocycles. The van der Waals surface area contributed by atoms with E-state index in [4.69, 9.17) is 25.8 Å². The molecule has 2 aromatic carbocycles. The smallest absolute Gasteiger partial charge is 0.338 e. The molecule has 0 amide bonds. The lowest BCUT2D eigenvalue weighted by atomic mass is 10.1. The monoisotopic (exact) mass is 398 g/mol. The van der Waals surface area contributed by atoms with Crippen LogP contribution in [0.4, 0.5) is 0 Å². The van der Waals surface area contributed by atoms with Crippen LogP contribution in [0.3, 0.4) is 0 Å². The molecule has 1 aromatic heterocycles. The van der Waals surface area contributed by atoms with Gasteiger partial charge in [0, 0.05) is 23.0 Å². The van der Waals surface area contributed by atoms with Crippen molar-refractivity contribution >= 4 is 17.6 Å². The van der Waals surface area contributed by atoms with Gasteiger partial charge in [-0.2, -0.15) is 0 Å². The van der Waals surface area contributed by atoms with Gasteiger partial charge in [0.15, 0.2) is 0 Å². The van der Waals surface area contributed by atoms with E-state index in [-0.39, 0.29) is 18.7 Å². The third-order valence-corrected chi connectivity index (χ3v) is 4.76. The molecule has 1 aliphatic heterocycles. The predicted octanol–water partition coefficient (Wildman–Crippen LogP) is 3.66. The zero-order valence-electron chi connectivity index (χ0n) is 15.0. The Balaban J connectivity index is 1.47. The fourth-order valence-corrected chi connectivity index (χ4v) is 3.25. The van der Waals surface area contributed by atoms with E-state index in [9.17, 15) is 4.79 Å².